The molecule has 100 valence electrons. The second-order valence-corrected chi connectivity index (χ2v) is 5.86. The molecule has 0 radical (unpaired) electrons. The van der Waals surface area contributed by atoms with Crippen molar-refractivity contribution in [2.75, 3.05) is 26.2 Å². The second-order valence-electron chi connectivity index (χ2n) is 5.86. The normalized spacial score (nSPS) is 35.3. The van der Waals surface area contributed by atoms with Crippen molar-refractivity contribution in [3.05, 3.63) is 0 Å². The molecule has 2 unspecified atom stereocenters. The van der Waals surface area contributed by atoms with Gasteiger partial charge in [0, 0.05) is 11.6 Å². The molecule has 0 aromatic rings. The summed E-state index contributed by atoms with van der Waals surface area (Å²) in [5, 5.41) is 13.3. The molecule has 2 aliphatic rings. The number of nitrogens with one attached hydrogen (secondary N) is 1. The fourth-order valence-electron chi connectivity index (χ4n) is 3.44. The molecule has 0 bridgehead atoms. The van der Waals surface area contributed by atoms with Gasteiger partial charge in [-0.15, -0.1) is 0 Å². The SMILES string of the molecule is CCCNC1(CO)CCC(N2CCCCC2)C1. The molecular formula is C14H28N2O. The summed E-state index contributed by atoms with van der Waals surface area (Å²) in [5.41, 5.74) is 0.0259. The molecule has 3 heteroatoms. The second kappa shape index (κ2) is 6.17. The molecule has 0 aromatic heterocycles. The van der Waals surface area contributed by atoms with Crippen LogP contribution < -0.4 is 5.32 Å². The monoisotopic (exact) mass is 240 g/mol. The first-order valence-corrected chi connectivity index (χ1v) is 7.39. The van der Waals surface area contributed by atoms with Gasteiger partial charge in [0.05, 0.1) is 6.61 Å². The van der Waals surface area contributed by atoms with Gasteiger partial charge in [-0.2, -0.15) is 0 Å². The lowest BCUT2D eigenvalue weighted by Crippen LogP contribution is -2.48. The first-order chi connectivity index (χ1) is 8.29. The third kappa shape index (κ3) is 3.21. The van der Waals surface area contributed by atoms with Crippen LogP contribution in [-0.4, -0.2) is 47.8 Å². The highest BCUT2D eigenvalue weighted by molar-refractivity contribution is 4.99. The van der Waals surface area contributed by atoms with Gasteiger partial charge in [-0.1, -0.05) is 13.3 Å². The molecule has 1 aliphatic carbocycles. The standard InChI is InChI=1S/C14H28N2O/c1-2-8-15-14(12-17)7-6-13(11-14)16-9-4-3-5-10-16/h13,15,17H,2-12H2,1H3. The van der Waals surface area contributed by atoms with E-state index >= 15 is 0 Å². The first kappa shape index (κ1) is 13.3. The lowest BCUT2D eigenvalue weighted by molar-refractivity contribution is 0.131. The quantitative estimate of drug-likeness (QED) is 0.768. The Kier molecular flexibility index (Phi) is 4.83. The van der Waals surface area contributed by atoms with Crippen molar-refractivity contribution < 1.29 is 5.11 Å². The van der Waals surface area contributed by atoms with Gasteiger partial charge in [0.2, 0.25) is 0 Å². The molecule has 1 saturated heterocycles. The topological polar surface area (TPSA) is 35.5 Å². The lowest BCUT2D eigenvalue weighted by atomic mass is 9.97. The number of nitrogens with zero attached hydrogens (tertiary/aromatic N) is 1. The number of rotatable bonds is 5. The maximum Gasteiger partial charge on any atom is 0.0613 e. The van der Waals surface area contributed by atoms with E-state index in [4.69, 9.17) is 0 Å². The predicted molar refractivity (Wildman–Crippen MR) is 71.2 cm³/mol. The number of hydrogen-bond donors (Lipinski definition) is 2. The molecule has 1 aliphatic heterocycles. The van der Waals surface area contributed by atoms with Crippen LogP contribution in [0, 0.1) is 0 Å². The molecule has 1 saturated carbocycles. The van der Waals surface area contributed by atoms with E-state index < -0.39 is 0 Å². The van der Waals surface area contributed by atoms with Gasteiger partial charge in [0.15, 0.2) is 0 Å². The van der Waals surface area contributed by atoms with Gasteiger partial charge in [0.25, 0.3) is 0 Å². The van der Waals surface area contributed by atoms with Gasteiger partial charge in [-0.25, -0.2) is 0 Å². The van der Waals surface area contributed by atoms with Crippen molar-refractivity contribution >= 4 is 0 Å². The molecule has 2 rings (SSSR count). The van der Waals surface area contributed by atoms with E-state index in [0.717, 1.165) is 25.8 Å². The lowest BCUT2D eigenvalue weighted by Gasteiger charge is -2.34. The van der Waals surface area contributed by atoms with Crippen LogP contribution in [0.15, 0.2) is 0 Å². The zero-order valence-electron chi connectivity index (χ0n) is 11.2. The molecule has 0 spiro atoms. The van der Waals surface area contributed by atoms with Crippen molar-refractivity contribution in [3.63, 3.8) is 0 Å². The Labute approximate surface area is 106 Å². The average molecular weight is 240 g/mol. The van der Waals surface area contributed by atoms with Crippen LogP contribution in [0.2, 0.25) is 0 Å². The van der Waals surface area contributed by atoms with Gasteiger partial charge >= 0.3 is 0 Å². The van der Waals surface area contributed by atoms with Gasteiger partial charge in [0.1, 0.15) is 0 Å². The maximum absolute atomic E-state index is 9.68. The minimum absolute atomic E-state index is 0.0259. The number of aliphatic hydroxyl groups excluding tert-OH is 1. The summed E-state index contributed by atoms with van der Waals surface area (Å²) in [6, 6.07) is 0.715. The Morgan fingerprint density at radius 2 is 2.06 bits per heavy atom. The van der Waals surface area contributed by atoms with Crippen molar-refractivity contribution in [2.45, 2.75) is 63.5 Å². The van der Waals surface area contributed by atoms with E-state index in [-0.39, 0.29) is 5.54 Å². The summed E-state index contributed by atoms with van der Waals surface area (Å²) in [6.45, 7) is 6.08. The Morgan fingerprint density at radius 3 is 2.71 bits per heavy atom. The average Bonchev–Trinajstić information content (AvgIpc) is 2.83. The van der Waals surface area contributed by atoms with Crippen LogP contribution in [-0.2, 0) is 0 Å². The smallest absolute Gasteiger partial charge is 0.0613 e. The Bertz CT molecular complexity index is 228. The zero-order chi connectivity index (χ0) is 12.1. The summed E-state index contributed by atoms with van der Waals surface area (Å²) < 4.78 is 0. The van der Waals surface area contributed by atoms with E-state index in [0.29, 0.717) is 12.6 Å². The fraction of sp³-hybridized carbons (Fsp3) is 1.00. The minimum atomic E-state index is 0.0259. The van der Waals surface area contributed by atoms with Gasteiger partial charge in [-0.3, -0.25) is 0 Å². The Morgan fingerprint density at radius 1 is 1.29 bits per heavy atom. The summed E-state index contributed by atoms with van der Waals surface area (Å²) >= 11 is 0. The van der Waals surface area contributed by atoms with E-state index in [1.54, 1.807) is 0 Å². The number of hydrogen-bond acceptors (Lipinski definition) is 3. The minimum Gasteiger partial charge on any atom is -0.394 e. The highest BCUT2D eigenvalue weighted by atomic mass is 16.3. The molecule has 17 heavy (non-hydrogen) atoms. The largest absolute Gasteiger partial charge is 0.394 e. The van der Waals surface area contributed by atoms with Crippen molar-refractivity contribution in [2.24, 2.45) is 0 Å². The van der Waals surface area contributed by atoms with Crippen LogP contribution >= 0.6 is 0 Å². The van der Waals surface area contributed by atoms with Crippen LogP contribution in [0.25, 0.3) is 0 Å². The first-order valence-electron chi connectivity index (χ1n) is 7.39. The third-order valence-electron chi connectivity index (χ3n) is 4.54. The third-order valence-corrected chi connectivity index (χ3v) is 4.54. The van der Waals surface area contributed by atoms with Crippen LogP contribution in [0.3, 0.4) is 0 Å². The number of likely N-dealkylation sites (tertiary alicyclic amines) is 1. The van der Waals surface area contributed by atoms with Crippen LogP contribution in [0.1, 0.15) is 51.9 Å². The maximum atomic E-state index is 9.68. The highest BCUT2D eigenvalue weighted by Crippen LogP contribution is 2.34. The number of piperidine rings is 1. The molecular weight excluding hydrogens is 212 g/mol. The van der Waals surface area contributed by atoms with Crippen molar-refractivity contribution in [1.82, 2.24) is 10.2 Å². The summed E-state index contributed by atoms with van der Waals surface area (Å²) in [7, 11) is 0. The van der Waals surface area contributed by atoms with Crippen LogP contribution in [0.5, 0.6) is 0 Å². The molecule has 3 nitrogen and oxygen atoms in total. The summed E-state index contributed by atoms with van der Waals surface area (Å²) in [6.07, 6.45) is 8.83. The molecule has 0 amide bonds. The Balaban J connectivity index is 1.87. The Hall–Kier alpha value is -0.120. The molecule has 0 aromatic carbocycles. The number of aliphatic hydroxyl groups is 1. The van der Waals surface area contributed by atoms with Crippen molar-refractivity contribution in [3.8, 4) is 0 Å². The summed E-state index contributed by atoms with van der Waals surface area (Å²) in [5.74, 6) is 0. The van der Waals surface area contributed by atoms with E-state index in [1.807, 2.05) is 0 Å². The molecule has 2 N–H and O–H groups in total. The van der Waals surface area contributed by atoms with E-state index in [2.05, 4.69) is 17.1 Å². The van der Waals surface area contributed by atoms with Crippen molar-refractivity contribution in [1.29, 1.82) is 0 Å². The molecule has 2 atom stereocenters. The van der Waals surface area contributed by atoms with Crippen LogP contribution in [0.4, 0.5) is 0 Å². The van der Waals surface area contributed by atoms with E-state index in [1.165, 1.54) is 38.8 Å². The zero-order valence-corrected chi connectivity index (χ0v) is 11.2. The summed E-state index contributed by atoms with van der Waals surface area (Å²) in [4.78, 5) is 2.66. The predicted octanol–water partition coefficient (Wildman–Crippen LogP) is 1.76. The fourth-order valence-corrected chi connectivity index (χ4v) is 3.44. The highest BCUT2D eigenvalue weighted by Gasteiger charge is 2.40. The van der Waals surface area contributed by atoms with Gasteiger partial charge < -0.3 is 15.3 Å². The van der Waals surface area contributed by atoms with Gasteiger partial charge in [-0.05, 0) is 58.2 Å². The van der Waals surface area contributed by atoms with E-state index in [9.17, 15) is 5.11 Å². The molecule has 2 fully saturated rings. The molecule has 1 heterocycles.